The van der Waals surface area contributed by atoms with E-state index in [4.69, 9.17) is 10.5 Å². The number of methoxy groups -OCH3 is 1. The van der Waals surface area contributed by atoms with Gasteiger partial charge in [-0.2, -0.15) is 0 Å². The van der Waals surface area contributed by atoms with Gasteiger partial charge in [0.25, 0.3) is 0 Å². The fourth-order valence-corrected chi connectivity index (χ4v) is 8.11. The van der Waals surface area contributed by atoms with Crippen LogP contribution in [0.25, 0.3) is 10.4 Å². The standard InChI is InChI=1S/C20H24N2OS.C14H20O.C5H10N2O.H2/c1-22(20(23)15-6-3-2-4-7-15)17-9-5-8-16(12-17)18-13-21-19(24-18)14-10-11-14;1-11-10-13(8-9-14(11)15-2)12-6-4-3-5-7-12;1-7-2-4(3-7)5(6)8;/h5,8-9,12-15H,2-4,6-7,10-11H2,1H3;8-10,12H,3-7H2,1-2H3;4H,2-3H2,1H3,(H2,6,8);1H. The molecular weight excluding hydrogens is 605 g/mol. The molecule has 1 aliphatic heterocycles. The van der Waals surface area contributed by atoms with Crippen LogP contribution in [0.4, 0.5) is 5.69 Å². The minimum Gasteiger partial charge on any atom is -0.496 e. The second-order valence-electron chi connectivity index (χ2n) is 14.0. The number of hydrogen-bond acceptors (Lipinski definition) is 6. The minimum absolute atomic E-state index is 0. The summed E-state index contributed by atoms with van der Waals surface area (Å²) >= 11 is 1.80. The molecule has 47 heavy (non-hydrogen) atoms. The van der Waals surface area contributed by atoms with E-state index in [9.17, 15) is 9.59 Å². The van der Waals surface area contributed by atoms with Gasteiger partial charge in [-0.3, -0.25) is 9.59 Å². The quantitative estimate of drug-likeness (QED) is 0.274. The summed E-state index contributed by atoms with van der Waals surface area (Å²) in [6.07, 6.45) is 17.2. The lowest BCUT2D eigenvalue weighted by atomic mass is 9.83. The van der Waals surface area contributed by atoms with Gasteiger partial charge in [0.05, 0.1) is 22.9 Å². The highest BCUT2D eigenvalue weighted by Gasteiger charge is 2.28. The molecule has 0 atom stereocenters. The van der Waals surface area contributed by atoms with E-state index in [2.05, 4.69) is 47.1 Å². The van der Waals surface area contributed by atoms with Crippen molar-refractivity contribution in [2.24, 2.45) is 17.6 Å². The first kappa shape index (κ1) is 35.1. The Bertz CT molecular complexity index is 1470. The molecule has 2 N–H and O–H groups in total. The smallest absolute Gasteiger partial charge is 0.229 e. The summed E-state index contributed by atoms with van der Waals surface area (Å²) in [7, 11) is 5.63. The molecule has 3 aromatic rings. The zero-order valence-corrected chi connectivity index (χ0v) is 29.7. The van der Waals surface area contributed by atoms with Crippen molar-refractivity contribution < 1.29 is 15.8 Å². The molecule has 3 saturated carbocycles. The van der Waals surface area contributed by atoms with Crippen LogP contribution >= 0.6 is 11.3 Å². The molecule has 0 radical (unpaired) electrons. The number of aryl methyl sites for hydroxylation is 1. The first-order valence-corrected chi connectivity index (χ1v) is 18.5. The molecule has 2 heterocycles. The van der Waals surface area contributed by atoms with E-state index in [1.165, 1.54) is 90.8 Å². The number of carbonyl (C=O) groups excluding carboxylic acids is 2. The van der Waals surface area contributed by atoms with Gasteiger partial charge >= 0.3 is 0 Å². The number of amides is 2. The van der Waals surface area contributed by atoms with E-state index < -0.39 is 0 Å². The third kappa shape index (κ3) is 9.66. The number of benzene rings is 2. The van der Waals surface area contributed by atoms with Gasteiger partial charge in [-0.1, -0.05) is 62.8 Å². The van der Waals surface area contributed by atoms with E-state index in [-0.39, 0.29) is 25.1 Å². The van der Waals surface area contributed by atoms with Crippen LogP contribution in [0.1, 0.15) is 106 Å². The predicted octanol–water partition coefficient (Wildman–Crippen LogP) is 8.56. The topological polar surface area (TPSA) is 88.8 Å². The maximum absolute atomic E-state index is 12.8. The number of primary amides is 1. The maximum Gasteiger partial charge on any atom is 0.229 e. The Morgan fingerprint density at radius 3 is 2.17 bits per heavy atom. The molecule has 0 unspecified atom stereocenters. The van der Waals surface area contributed by atoms with Crippen LogP contribution in [0, 0.1) is 18.8 Å². The van der Waals surface area contributed by atoms with Crippen molar-refractivity contribution in [3.63, 3.8) is 0 Å². The largest absolute Gasteiger partial charge is 0.496 e. The van der Waals surface area contributed by atoms with Crippen molar-refractivity contribution in [3.05, 3.63) is 64.8 Å². The van der Waals surface area contributed by atoms with Gasteiger partial charge in [0.2, 0.25) is 11.8 Å². The van der Waals surface area contributed by atoms with Gasteiger partial charge in [0.15, 0.2) is 0 Å². The van der Waals surface area contributed by atoms with Crippen LogP contribution in [0.2, 0.25) is 0 Å². The number of thiazole rings is 1. The van der Waals surface area contributed by atoms with Crippen LogP contribution in [0.5, 0.6) is 5.75 Å². The lowest BCUT2D eigenvalue weighted by Gasteiger charge is -2.33. The molecule has 1 saturated heterocycles. The Morgan fingerprint density at radius 1 is 0.915 bits per heavy atom. The number of nitrogens with zero attached hydrogens (tertiary/aromatic N) is 3. The van der Waals surface area contributed by atoms with E-state index in [1.54, 1.807) is 18.4 Å². The maximum atomic E-state index is 12.8. The molecule has 2 aromatic carbocycles. The highest BCUT2D eigenvalue weighted by molar-refractivity contribution is 7.15. The molecule has 0 spiro atoms. The summed E-state index contributed by atoms with van der Waals surface area (Å²) < 4.78 is 5.29. The molecule has 4 fully saturated rings. The Hall–Kier alpha value is -3.23. The summed E-state index contributed by atoms with van der Waals surface area (Å²) in [5.74, 6) is 2.94. The van der Waals surface area contributed by atoms with Gasteiger partial charge in [-0.25, -0.2) is 4.98 Å². The van der Waals surface area contributed by atoms with E-state index in [0.29, 0.717) is 5.92 Å². The summed E-state index contributed by atoms with van der Waals surface area (Å²) in [4.78, 5) is 32.8. The number of nitrogens with two attached hydrogens (primary N) is 1. The second kappa shape index (κ2) is 16.7. The van der Waals surface area contributed by atoms with Crippen molar-refractivity contribution in [1.29, 1.82) is 0 Å². The van der Waals surface area contributed by atoms with Gasteiger partial charge in [-0.05, 0) is 93.3 Å². The number of hydrogen-bond donors (Lipinski definition) is 1. The number of anilines is 1. The normalized spacial score (nSPS) is 19.0. The second-order valence-corrected chi connectivity index (χ2v) is 15.1. The van der Waals surface area contributed by atoms with Gasteiger partial charge in [0, 0.05) is 45.3 Å². The first-order chi connectivity index (χ1) is 22.7. The summed E-state index contributed by atoms with van der Waals surface area (Å²) in [6, 6.07) is 15.0. The molecule has 0 bridgehead atoms. The third-order valence-corrected chi connectivity index (χ3v) is 11.4. The van der Waals surface area contributed by atoms with Crippen molar-refractivity contribution in [2.45, 2.75) is 95.8 Å². The van der Waals surface area contributed by atoms with Crippen molar-refractivity contribution in [3.8, 4) is 16.2 Å². The molecular formula is C39H56N4O3S. The fourth-order valence-electron chi connectivity index (χ4n) is 7.03. The molecule has 2 amide bonds. The van der Waals surface area contributed by atoms with Crippen LogP contribution < -0.4 is 15.4 Å². The Kier molecular flexibility index (Phi) is 12.5. The number of rotatable bonds is 7. The zero-order chi connectivity index (χ0) is 33.3. The molecule has 7 rings (SSSR count). The first-order valence-electron chi connectivity index (χ1n) is 17.7. The van der Waals surface area contributed by atoms with Crippen molar-refractivity contribution in [1.82, 2.24) is 9.88 Å². The third-order valence-electron chi connectivity index (χ3n) is 10.2. The summed E-state index contributed by atoms with van der Waals surface area (Å²) in [5.41, 5.74) is 9.92. The molecule has 3 aliphatic carbocycles. The molecule has 8 heteroatoms. The Balaban J connectivity index is 0.000000185. The van der Waals surface area contributed by atoms with E-state index in [0.717, 1.165) is 43.3 Å². The Labute approximate surface area is 287 Å². The van der Waals surface area contributed by atoms with E-state index >= 15 is 0 Å². The minimum atomic E-state index is -0.164. The van der Waals surface area contributed by atoms with Gasteiger partial charge < -0.3 is 20.3 Å². The van der Waals surface area contributed by atoms with Gasteiger partial charge in [-0.15, -0.1) is 11.3 Å². The van der Waals surface area contributed by atoms with Crippen LogP contribution in [0.15, 0.2) is 48.7 Å². The fraction of sp³-hybridized carbons (Fsp3) is 0.564. The number of aromatic nitrogens is 1. The average Bonchev–Trinajstić information content (AvgIpc) is 3.83. The number of ether oxygens (including phenoxy) is 1. The molecule has 4 aliphatic rings. The van der Waals surface area contributed by atoms with Crippen molar-refractivity contribution in [2.75, 3.05) is 39.2 Å². The monoisotopic (exact) mass is 660 g/mol. The zero-order valence-electron chi connectivity index (χ0n) is 28.9. The lowest BCUT2D eigenvalue weighted by molar-refractivity contribution is -0.126. The van der Waals surface area contributed by atoms with Crippen molar-refractivity contribution >= 4 is 28.8 Å². The van der Waals surface area contributed by atoms with E-state index in [1.807, 2.05) is 37.3 Å². The van der Waals surface area contributed by atoms with Crippen LogP contribution in [-0.2, 0) is 9.59 Å². The average molecular weight is 661 g/mol. The number of carbonyl (C=O) groups is 2. The highest BCUT2D eigenvalue weighted by atomic mass is 32.1. The lowest BCUT2D eigenvalue weighted by Crippen LogP contribution is -2.50. The van der Waals surface area contributed by atoms with Crippen LogP contribution in [-0.4, -0.2) is 56.0 Å². The van der Waals surface area contributed by atoms with Crippen LogP contribution in [0.3, 0.4) is 0 Å². The molecule has 256 valence electrons. The Morgan fingerprint density at radius 2 is 1.60 bits per heavy atom. The van der Waals surface area contributed by atoms with Gasteiger partial charge in [0.1, 0.15) is 5.75 Å². The molecule has 7 nitrogen and oxygen atoms in total. The molecule has 1 aromatic heterocycles. The highest BCUT2D eigenvalue weighted by Crippen LogP contribution is 2.43. The predicted molar refractivity (Wildman–Crippen MR) is 195 cm³/mol. The SMILES string of the molecule is CN(C(=O)C1CCCCC1)c1cccc(-c2cnc(C3CC3)s2)c1.CN1CC(C(N)=O)C1.COc1ccc(C2CCCCC2)cc1C.[HH]. The summed E-state index contributed by atoms with van der Waals surface area (Å²) in [5, 5.41) is 1.27. The number of likely N-dealkylation sites (tertiary alicyclic amines) is 1. The summed E-state index contributed by atoms with van der Waals surface area (Å²) in [6.45, 7) is 3.82.